The molecule has 1 aliphatic rings. The fraction of sp³-hybridized carbons (Fsp3) is 0.208. The summed E-state index contributed by atoms with van der Waals surface area (Å²) in [4.78, 5) is 11.8. The molecule has 0 bridgehead atoms. The summed E-state index contributed by atoms with van der Waals surface area (Å²) < 4.78 is 71.8. The highest BCUT2D eigenvalue weighted by atomic mass is 32.2. The summed E-state index contributed by atoms with van der Waals surface area (Å²) in [5.41, 5.74) is 1.71. The standard InChI is InChI=1S/C24H20F3NO4S/c1-32-22-12-16(9-10-20(22)18-13-23(29)28-33(30,31)14-18)15-5-4-6-17(11-15)19-7-2-3-8-21(19)24(25,26)27/h2-12,18H,13-14H2,1H3,(H,28,29). The molecular formula is C24H20F3NO4S. The van der Waals surface area contributed by atoms with Gasteiger partial charge in [-0.2, -0.15) is 13.2 Å². The minimum absolute atomic E-state index is 0.0125. The van der Waals surface area contributed by atoms with Crippen molar-refractivity contribution >= 4 is 15.9 Å². The maximum Gasteiger partial charge on any atom is 0.417 e. The fourth-order valence-corrected chi connectivity index (χ4v) is 5.42. The van der Waals surface area contributed by atoms with Crippen LogP contribution in [0.5, 0.6) is 5.75 Å². The van der Waals surface area contributed by atoms with Gasteiger partial charge in [0.05, 0.1) is 18.4 Å². The van der Waals surface area contributed by atoms with E-state index in [1.807, 2.05) is 4.72 Å². The van der Waals surface area contributed by atoms with Gasteiger partial charge >= 0.3 is 6.18 Å². The molecule has 0 aliphatic carbocycles. The first kappa shape index (κ1) is 22.8. The number of halogens is 3. The van der Waals surface area contributed by atoms with Crippen molar-refractivity contribution in [3.05, 3.63) is 77.9 Å². The molecular weight excluding hydrogens is 455 g/mol. The highest BCUT2D eigenvalue weighted by Gasteiger charge is 2.34. The third-order valence-corrected chi connectivity index (χ3v) is 6.91. The van der Waals surface area contributed by atoms with Crippen molar-refractivity contribution in [2.45, 2.75) is 18.5 Å². The first-order chi connectivity index (χ1) is 15.6. The predicted octanol–water partition coefficient (Wildman–Crippen LogP) is 4.98. The molecule has 172 valence electrons. The van der Waals surface area contributed by atoms with Gasteiger partial charge in [-0.3, -0.25) is 9.52 Å². The van der Waals surface area contributed by atoms with Gasteiger partial charge in [0.1, 0.15) is 5.75 Å². The molecule has 0 spiro atoms. The summed E-state index contributed by atoms with van der Waals surface area (Å²) in [6.07, 6.45) is -4.47. The molecule has 1 unspecified atom stereocenters. The Bertz CT molecular complexity index is 1320. The summed E-state index contributed by atoms with van der Waals surface area (Å²) in [6.45, 7) is 0. The maximum atomic E-state index is 13.5. The molecule has 3 aromatic carbocycles. The van der Waals surface area contributed by atoms with Crippen LogP contribution in [0.4, 0.5) is 13.2 Å². The normalized spacial score (nSPS) is 17.9. The zero-order valence-electron chi connectivity index (χ0n) is 17.5. The number of methoxy groups -OCH3 is 1. The van der Waals surface area contributed by atoms with Gasteiger partial charge in [0.15, 0.2) is 0 Å². The molecule has 4 rings (SSSR count). The van der Waals surface area contributed by atoms with E-state index in [0.717, 1.165) is 6.07 Å². The molecule has 1 aliphatic heterocycles. The van der Waals surface area contributed by atoms with Gasteiger partial charge in [-0.15, -0.1) is 0 Å². The zero-order valence-corrected chi connectivity index (χ0v) is 18.3. The highest BCUT2D eigenvalue weighted by molar-refractivity contribution is 7.90. The number of alkyl halides is 3. The number of amides is 1. The van der Waals surface area contributed by atoms with E-state index in [2.05, 4.69) is 0 Å². The van der Waals surface area contributed by atoms with Crippen LogP contribution in [0.25, 0.3) is 22.3 Å². The van der Waals surface area contributed by atoms with E-state index in [1.165, 1.54) is 19.2 Å². The lowest BCUT2D eigenvalue weighted by Gasteiger charge is -2.24. The topological polar surface area (TPSA) is 72.5 Å². The van der Waals surface area contributed by atoms with Crippen LogP contribution in [0.2, 0.25) is 0 Å². The van der Waals surface area contributed by atoms with Crippen LogP contribution in [-0.2, 0) is 21.0 Å². The van der Waals surface area contributed by atoms with Crippen LogP contribution in [0.1, 0.15) is 23.5 Å². The van der Waals surface area contributed by atoms with Crippen molar-refractivity contribution in [2.24, 2.45) is 0 Å². The van der Waals surface area contributed by atoms with Gasteiger partial charge < -0.3 is 4.74 Å². The molecule has 1 amide bonds. The number of ether oxygens (including phenoxy) is 1. The number of rotatable bonds is 4. The van der Waals surface area contributed by atoms with Crippen LogP contribution in [-0.4, -0.2) is 27.2 Å². The molecule has 5 nitrogen and oxygen atoms in total. The van der Waals surface area contributed by atoms with E-state index >= 15 is 0 Å². The number of benzene rings is 3. The lowest BCUT2D eigenvalue weighted by Crippen LogP contribution is -2.40. The first-order valence-corrected chi connectivity index (χ1v) is 11.7. The van der Waals surface area contributed by atoms with Crippen molar-refractivity contribution in [2.75, 3.05) is 12.9 Å². The van der Waals surface area contributed by atoms with Gasteiger partial charge in [-0.1, -0.05) is 48.5 Å². The first-order valence-electron chi connectivity index (χ1n) is 10.1. The number of carbonyl (C=O) groups excluding carboxylic acids is 1. The fourth-order valence-electron chi connectivity index (χ4n) is 4.08. The van der Waals surface area contributed by atoms with Crippen molar-refractivity contribution in [1.29, 1.82) is 0 Å². The van der Waals surface area contributed by atoms with Crippen LogP contribution in [0, 0.1) is 0 Å². The lowest BCUT2D eigenvalue weighted by molar-refractivity contribution is -0.137. The van der Waals surface area contributed by atoms with Gasteiger partial charge in [0.25, 0.3) is 0 Å². The van der Waals surface area contributed by atoms with Crippen LogP contribution < -0.4 is 9.46 Å². The Morgan fingerprint density at radius 2 is 1.64 bits per heavy atom. The van der Waals surface area contributed by atoms with E-state index in [1.54, 1.807) is 48.5 Å². The van der Waals surface area contributed by atoms with Crippen LogP contribution >= 0.6 is 0 Å². The predicted molar refractivity (Wildman–Crippen MR) is 118 cm³/mol. The number of carbonyl (C=O) groups is 1. The van der Waals surface area contributed by atoms with Crippen molar-refractivity contribution < 1.29 is 31.1 Å². The van der Waals surface area contributed by atoms with Crippen molar-refractivity contribution in [1.82, 2.24) is 4.72 Å². The summed E-state index contributed by atoms with van der Waals surface area (Å²) in [7, 11) is -2.28. The SMILES string of the molecule is COc1cc(-c2cccc(-c3ccccc3C(F)(F)F)c2)ccc1C1CC(=O)NS(=O)(=O)C1. The maximum absolute atomic E-state index is 13.5. The Labute approximate surface area is 189 Å². The smallest absolute Gasteiger partial charge is 0.417 e. The molecule has 0 saturated carbocycles. The third kappa shape index (κ3) is 4.88. The molecule has 0 radical (unpaired) electrons. The monoisotopic (exact) mass is 475 g/mol. The largest absolute Gasteiger partial charge is 0.496 e. The summed E-state index contributed by atoms with van der Waals surface area (Å²) in [6, 6.07) is 17.3. The van der Waals surface area contributed by atoms with Crippen LogP contribution in [0.15, 0.2) is 66.7 Å². The lowest BCUT2D eigenvalue weighted by atomic mass is 9.92. The second-order valence-corrected chi connectivity index (χ2v) is 9.56. The summed E-state index contributed by atoms with van der Waals surface area (Å²) >= 11 is 0. The van der Waals surface area contributed by atoms with Gasteiger partial charge in [0.2, 0.25) is 15.9 Å². The van der Waals surface area contributed by atoms with E-state index < -0.39 is 33.6 Å². The zero-order chi connectivity index (χ0) is 23.8. The van der Waals surface area contributed by atoms with Gasteiger partial charge in [0, 0.05) is 12.3 Å². The average Bonchev–Trinajstić information content (AvgIpc) is 2.77. The molecule has 1 saturated heterocycles. The Morgan fingerprint density at radius 3 is 2.33 bits per heavy atom. The summed E-state index contributed by atoms with van der Waals surface area (Å²) in [5.74, 6) is -0.965. The minimum atomic E-state index is -4.48. The van der Waals surface area contributed by atoms with E-state index in [0.29, 0.717) is 28.0 Å². The van der Waals surface area contributed by atoms with Crippen LogP contribution in [0.3, 0.4) is 0 Å². The van der Waals surface area contributed by atoms with Crippen molar-refractivity contribution in [3.8, 4) is 28.0 Å². The van der Waals surface area contributed by atoms with E-state index in [4.69, 9.17) is 4.74 Å². The van der Waals surface area contributed by atoms with Gasteiger partial charge in [-0.25, -0.2) is 8.42 Å². The molecule has 33 heavy (non-hydrogen) atoms. The number of sulfonamides is 1. The molecule has 1 fully saturated rings. The minimum Gasteiger partial charge on any atom is -0.496 e. The number of nitrogens with one attached hydrogen (secondary N) is 1. The summed E-state index contributed by atoms with van der Waals surface area (Å²) in [5, 5.41) is 0. The van der Waals surface area contributed by atoms with E-state index in [-0.39, 0.29) is 17.7 Å². The molecule has 9 heteroatoms. The van der Waals surface area contributed by atoms with E-state index in [9.17, 15) is 26.4 Å². The van der Waals surface area contributed by atoms with Gasteiger partial charge in [-0.05, 0) is 46.0 Å². The molecule has 1 atom stereocenters. The highest BCUT2D eigenvalue weighted by Crippen LogP contribution is 2.39. The number of hydrogen-bond donors (Lipinski definition) is 1. The Morgan fingerprint density at radius 1 is 0.939 bits per heavy atom. The third-order valence-electron chi connectivity index (χ3n) is 5.53. The molecule has 1 N–H and O–H groups in total. The average molecular weight is 475 g/mol. The molecule has 3 aromatic rings. The van der Waals surface area contributed by atoms with Crippen molar-refractivity contribution in [3.63, 3.8) is 0 Å². The molecule has 0 aromatic heterocycles. The Hall–Kier alpha value is -3.33. The second-order valence-electron chi connectivity index (χ2n) is 7.79. The Kier molecular flexibility index (Phi) is 5.92. The Balaban J connectivity index is 1.73. The quantitative estimate of drug-likeness (QED) is 0.578. The second kappa shape index (κ2) is 8.55. The number of hydrogen-bond acceptors (Lipinski definition) is 4. The molecule has 1 heterocycles.